The van der Waals surface area contributed by atoms with Gasteiger partial charge in [0.15, 0.2) is 0 Å². The molecule has 1 aromatic heterocycles. The predicted octanol–water partition coefficient (Wildman–Crippen LogP) is 4.27. The van der Waals surface area contributed by atoms with Gasteiger partial charge < -0.3 is 5.32 Å². The van der Waals surface area contributed by atoms with Crippen LogP contribution in [0.2, 0.25) is 0 Å². The van der Waals surface area contributed by atoms with E-state index in [0.717, 1.165) is 34.0 Å². The fraction of sp³-hybridized carbons (Fsp3) is 0.238. The zero-order valence-corrected chi connectivity index (χ0v) is 16.1. The first-order chi connectivity index (χ1) is 13.4. The number of halogens is 2. The molecule has 1 aliphatic rings. The van der Waals surface area contributed by atoms with Crippen LogP contribution in [-0.4, -0.2) is 19.4 Å². The number of nitrogens with zero attached hydrogens (tertiary/aromatic N) is 1. The molecule has 0 unspecified atom stereocenters. The van der Waals surface area contributed by atoms with E-state index in [0.29, 0.717) is 12.2 Å². The van der Waals surface area contributed by atoms with Crippen LogP contribution in [-0.2, 0) is 16.6 Å². The molecular formula is C21H20F2N2O2S. The number of hydrogen-bond donors (Lipinski definition) is 1. The molecule has 4 nitrogen and oxygen atoms in total. The molecule has 1 heterocycles. The van der Waals surface area contributed by atoms with Crippen LogP contribution in [0.15, 0.2) is 59.6 Å². The minimum absolute atomic E-state index is 0.168. The lowest BCUT2D eigenvalue weighted by Crippen LogP contribution is -2.14. The van der Waals surface area contributed by atoms with Crippen molar-refractivity contribution in [3.05, 3.63) is 77.5 Å². The van der Waals surface area contributed by atoms with Crippen molar-refractivity contribution in [3.8, 4) is 11.3 Å². The molecule has 1 N–H and O–H groups in total. The number of benzene rings is 2. The van der Waals surface area contributed by atoms with Crippen molar-refractivity contribution in [1.82, 2.24) is 9.29 Å². The lowest BCUT2D eigenvalue weighted by Gasteiger charge is -2.13. The highest BCUT2D eigenvalue weighted by Gasteiger charge is 2.35. The second-order valence-electron chi connectivity index (χ2n) is 6.96. The summed E-state index contributed by atoms with van der Waals surface area (Å²) in [7, 11) is -2.32. The number of nitrogens with one attached hydrogen (secondary N) is 1. The molecule has 2 aromatic carbocycles. The molecule has 146 valence electrons. The number of hydrogen-bond acceptors (Lipinski definition) is 3. The van der Waals surface area contributed by atoms with E-state index in [2.05, 4.69) is 5.32 Å². The molecule has 0 spiro atoms. The largest absolute Gasteiger partial charge is 0.316 e. The van der Waals surface area contributed by atoms with Gasteiger partial charge in [0, 0.05) is 18.3 Å². The van der Waals surface area contributed by atoms with Crippen LogP contribution in [0.1, 0.15) is 29.9 Å². The van der Waals surface area contributed by atoms with Crippen LogP contribution >= 0.6 is 0 Å². The van der Waals surface area contributed by atoms with Crippen molar-refractivity contribution in [2.75, 3.05) is 7.05 Å². The highest BCUT2D eigenvalue weighted by atomic mass is 32.2. The van der Waals surface area contributed by atoms with E-state index in [1.165, 1.54) is 30.5 Å². The van der Waals surface area contributed by atoms with Gasteiger partial charge in [0.25, 0.3) is 10.0 Å². The Hall–Kier alpha value is -2.51. The first kappa shape index (κ1) is 18.8. The Balaban J connectivity index is 2.02. The Bertz CT molecular complexity index is 1140. The Morgan fingerprint density at radius 2 is 1.86 bits per heavy atom. The van der Waals surface area contributed by atoms with Gasteiger partial charge in [0.1, 0.15) is 11.6 Å². The van der Waals surface area contributed by atoms with Gasteiger partial charge in [-0.05, 0) is 67.3 Å². The van der Waals surface area contributed by atoms with Crippen LogP contribution in [0.3, 0.4) is 0 Å². The van der Waals surface area contributed by atoms with Crippen molar-refractivity contribution < 1.29 is 17.2 Å². The summed E-state index contributed by atoms with van der Waals surface area (Å²) in [5, 5.41) is 3.05. The quantitative estimate of drug-likeness (QED) is 0.670. The average Bonchev–Trinajstić information content (AvgIpc) is 3.43. The van der Waals surface area contributed by atoms with Crippen LogP contribution in [0.25, 0.3) is 11.3 Å². The molecule has 7 heteroatoms. The SMILES string of the molecule is CNCc1cn(S(=O)(=O)c2cccc(F)c2)c(-c2ccccc2F)c1C1CC1. The van der Waals surface area contributed by atoms with Crippen molar-refractivity contribution in [2.24, 2.45) is 0 Å². The minimum Gasteiger partial charge on any atom is -0.316 e. The third kappa shape index (κ3) is 3.25. The van der Waals surface area contributed by atoms with Gasteiger partial charge in [0.2, 0.25) is 0 Å². The summed E-state index contributed by atoms with van der Waals surface area (Å²) in [6.07, 6.45) is 3.40. The zero-order chi connectivity index (χ0) is 19.9. The van der Waals surface area contributed by atoms with Crippen LogP contribution in [0.4, 0.5) is 8.78 Å². The molecule has 1 saturated carbocycles. The lowest BCUT2D eigenvalue weighted by molar-refractivity contribution is 0.583. The Morgan fingerprint density at radius 3 is 2.50 bits per heavy atom. The second-order valence-corrected chi connectivity index (χ2v) is 8.77. The summed E-state index contributed by atoms with van der Waals surface area (Å²) in [5.74, 6) is -0.936. The highest BCUT2D eigenvalue weighted by Crippen LogP contribution is 2.48. The summed E-state index contributed by atoms with van der Waals surface area (Å²) in [4.78, 5) is -0.168. The van der Waals surface area contributed by atoms with Crippen molar-refractivity contribution in [3.63, 3.8) is 0 Å². The summed E-state index contributed by atoms with van der Waals surface area (Å²) in [5.41, 5.74) is 2.21. The van der Waals surface area contributed by atoms with E-state index < -0.39 is 21.7 Å². The summed E-state index contributed by atoms with van der Waals surface area (Å²) >= 11 is 0. The first-order valence-corrected chi connectivity index (χ1v) is 10.5. The van der Waals surface area contributed by atoms with E-state index in [1.807, 2.05) is 0 Å². The molecule has 0 saturated heterocycles. The monoisotopic (exact) mass is 402 g/mol. The molecule has 0 aliphatic heterocycles. The zero-order valence-electron chi connectivity index (χ0n) is 15.3. The van der Waals surface area contributed by atoms with Crippen LogP contribution in [0.5, 0.6) is 0 Å². The average molecular weight is 402 g/mol. The van der Waals surface area contributed by atoms with E-state index in [4.69, 9.17) is 0 Å². The molecule has 4 rings (SSSR count). The van der Waals surface area contributed by atoms with Crippen molar-refractivity contribution in [2.45, 2.75) is 30.2 Å². The molecule has 3 aromatic rings. The van der Waals surface area contributed by atoms with Gasteiger partial charge >= 0.3 is 0 Å². The maximum Gasteiger partial charge on any atom is 0.268 e. The fourth-order valence-electron chi connectivity index (χ4n) is 3.55. The van der Waals surface area contributed by atoms with Crippen molar-refractivity contribution >= 4 is 10.0 Å². The van der Waals surface area contributed by atoms with Gasteiger partial charge in [-0.1, -0.05) is 18.2 Å². The Labute approximate surface area is 162 Å². The second kappa shape index (κ2) is 7.14. The highest BCUT2D eigenvalue weighted by molar-refractivity contribution is 7.90. The predicted molar refractivity (Wildman–Crippen MR) is 104 cm³/mol. The smallest absolute Gasteiger partial charge is 0.268 e. The topological polar surface area (TPSA) is 51.1 Å². The number of aromatic nitrogens is 1. The molecule has 0 bridgehead atoms. The van der Waals surface area contributed by atoms with E-state index in [1.54, 1.807) is 25.2 Å². The van der Waals surface area contributed by atoms with Crippen molar-refractivity contribution in [1.29, 1.82) is 0 Å². The Morgan fingerprint density at radius 1 is 1.11 bits per heavy atom. The Kier molecular flexibility index (Phi) is 4.81. The van der Waals surface area contributed by atoms with Crippen LogP contribution < -0.4 is 5.32 Å². The number of rotatable bonds is 6. The molecular weight excluding hydrogens is 382 g/mol. The molecule has 28 heavy (non-hydrogen) atoms. The summed E-state index contributed by atoms with van der Waals surface area (Å²) in [6, 6.07) is 11.0. The molecule has 1 fully saturated rings. The third-order valence-corrected chi connectivity index (χ3v) is 6.58. The first-order valence-electron chi connectivity index (χ1n) is 9.08. The van der Waals surface area contributed by atoms with Gasteiger partial charge in [-0.25, -0.2) is 21.2 Å². The van der Waals surface area contributed by atoms with E-state index in [9.17, 15) is 17.2 Å². The van der Waals surface area contributed by atoms with E-state index >= 15 is 0 Å². The lowest BCUT2D eigenvalue weighted by atomic mass is 10.0. The van der Waals surface area contributed by atoms with Gasteiger partial charge in [-0.2, -0.15) is 0 Å². The van der Waals surface area contributed by atoms with Gasteiger partial charge in [-0.3, -0.25) is 0 Å². The maximum atomic E-state index is 14.7. The third-order valence-electron chi connectivity index (χ3n) is 4.93. The normalized spacial score (nSPS) is 14.4. The standard InChI is InChI=1S/C21H20F2N2O2S/c1-24-12-15-13-25(28(26,27)17-6-4-5-16(22)11-17)21(20(15)14-9-10-14)18-7-2-3-8-19(18)23/h2-8,11,13-14,24H,9-10,12H2,1H3. The minimum atomic E-state index is -4.10. The van der Waals surface area contributed by atoms with Gasteiger partial charge in [0.05, 0.1) is 10.6 Å². The maximum absolute atomic E-state index is 14.7. The molecule has 0 amide bonds. The van der Waals surface area contributed by atoms with Gasteiger partial charge in [-0.15, -0.1) is 0 Å². The van der Waals surface area contributed by atoms with Crippen LogP contribution in [0, 0.1) is 11.6 Å². The molecule has 1 aliphatic carbocycles. The van der Waals surface area contributed by atoms with E-state index in [-0.39, 0.29) is 16.4 Å². The molecule has 0 atom stereocenters. The fourth-order valence-corrected chi connectivity index (χ4v) is 5.00. The molecule has 0 radical (unpaired) electrons. The summed E-state index contributed by atoms with van der Waals surface area (Å²) in [6.45, 7) is 0.457. The summed E-state index contributed by atoms with van der Waals surface area (Å²) < 4.78 is 56.2.